The molecule has 5 unspecified atom stereocenters. The van der Waals surface area contributed by atoms with Crippen LogP contribution in [0.25, 0.3) is 32.9 Å². The Kier molecular flexibility index (Phi) is 8.13. The average molecular weight is 730 g/mol. The zero-order chi connectivity index (χ0) is 34.3. The number of benzene rings is 2. The van der Waals surface area contributed by atoms with Crippen LogP contribution in [-0.2, 0) is 22.6 Å². The Morgan fingerprint density at radius 3 is 2.80 bits per heavy atom. The van der Waals surface area contributed by atoms with Crippen molar-refractivity contribution in [1.29, 1.82) is 5.26 Å². The lowest BCUT2D eigenvalue weighted by Gasteiger charge is -2.39. The second-order valence-corrected chi connectivity index (χ2v) is 15.9. The summed E-state index contributed by atoms with van der Waals surface area (Å²) in [6.07, 6.45) is 5.79. The lowest BCUT2D eigenvalue weighted by molar-refractivity contribution is -0.134. The molecule has 256 valence electrons. The summed E-state index contributed by atoms with van der Waals surface area (Å²) in [5, 5.41) is 18.4. The summed E-state index contributed by atoms with van der Waals surface area (Å²) in [5.41, 5.74) is 4.44. The van der Waals surface area contributed by atoms with Gasteiger partial charge < -0.3 is 19.5 Å². The molecule has 1 N–H and O–H groups in total. The number of aryl methyl sites for hydroxylation is 2. The summed E-state index contributed by atoms with van der Waals surface area (Å²) >= 11 is 14.7. The number of ether oxygens (including phenoxy) is 1. The van der Waals surface area contributed by atoms with E-state index in [0.29, 0.717) is 64.7 Å². The minimum absolute atomic E-state index is 0.0624. The van der Waals surface area contributed by atoms with E-state index in [-0.39, 0.29) is 53.0 Å². The molecule has 6 heterocycles. The second-order valence-electron chi connectivity index (χ2n) is 14.2. The van der Waals surface area contributed by atoms with Crippen LogP contribution in [0.1, 0.15) is 66.1 Å². The smallest absolute Gasteiger partial charge is 0.226 e. The summed E-state index contributed by atoms with van der Waals surface area (Å²) in [6, 6.07) is 11.9. The molecule has 5 aromatic rings. The maximum atomic E-state index is 17.1. The Morgan fingerprint density at radius 2 is 2.08 bits per heavy atom. The van der Waals surface area contributed by atoms with Crippen LogP contribution in [0.5, 0.6) is 0 Å². The summed E-state index contributed by atoms with van der Waals surface area (Å²) in [4.78, 5) is 25.3. The van der Waals surface area contributed by atoms with Gasteiger partial charge in [0.05, 0.1) is 46.4 Å². The molecular weight excluding hydrogens is 694 g/mol. The number of hydrogen-bond acceptors (Lipinski definition) is 7. The van der Waals surface area contributed by atoms with Crippen LogP contribution < -0.4 is 5.32 Å². The highest BCUT2D eigenvalue weighted by Crippen LogP contribution is 2.51. The standard InChI is InChI=1S/C38H35Cl2FN6O2S/c1-19-25-15-30(29-14-23(49-18-31-43-10-11-50-31)17-46(29)38(48)20-7-8-20)47(36-22-13-28(36)44-16-22)37(25)26-12-21(4-3-9-42)32(34(41)35(26)45-19)24-5-2-6-27(39)33(24)40/h2,5-6,10-12,15,20,22-23,28-29,36,44H,3-4,7-8,13-14,16-18H2,1H3. The molecule has 0 radical (unpaired) electrons. The third kappa shape index (κ3) is 5.24. The van der Waals surface area contributed by atoms with Crippen molar-refractivity contribution in [3.63, 3.8) is 0 Å². The van der Waals surface area contributed by atoms with Crippen molar-refractivity contribution in [3.8, 4) is 17.2 Å². The Labute approximate surface area is 303 Å². The quantitative estimate of drug-likeness (QED) is 0.164. The van der Waals surface area contributed by atoms with Crippen LogP contribution >= 0.6 is 34.5 Å². The normalized spacial score (nSPS) is 24.3. The Hall–Kier alpha value is -3.59. The fraction of sp³-hybridized carbons (Fsp3) is 0.421. The first-order valence-corrected chi connectivity index (χ1v) is 19.0. The average Bonchev–Trinajstić information content (AvgIpc) is 3.62. The van der Waals surface area contributed by atoms with Gasteiger partial charge in [-0.25, -0.2) is 14.4 Å². The van der Waals surface area contributed by atoms with E-state index in [1.54, 1.807) is 35.7 Å². The number of aromatic nitrogens is 3. The monoisotopic (exact) mass is 728 g/mol. The van der Waals surface area contributed by atoms with Crippen LogP contribution in [0, 0.1) is 35.9 Å². The minimum atomic E-state index is -0.476. The summed E-state index contributed by atoms with van der Waals surface area (Å²) in [6.45, 7) is 3.79. The predicted octanol–water partition coefficient (Wildman–Crippen LogP) is 8.33. The molecule has 50 heavy (non-hydrogen) atoms. The molecule has 5 atom stereocenters. The zero-order valence-electron chi connectivity index (χ0n) is 27.5. The van der Waals surface area contributed by atoms with Gasteiger partial charge in [-0.3, -0.25) is 4.79 Å². The molecule has 2 aliphatic carbocycles. The SMILES string of the molecule is Cc1nc2c(F)c(-c3cccc(Cl)c3Cl)c(CCC#N)cc2c2c1cc(C1CC(OCc3nccs3)CN1C(=O)C1CC1)n2C1C2CNC1C2. The number of carbonyl (C=O) groups is 1. The summed E-state index contributed by atoms with van der Waals surface area (Å²) < 4.78 is 26.0. The van der Waals surface area contributed by atoms with Gasteiger partial charge in [-0.05, 0) is 62.3 Å². The molecule has 0 spiro atoms. The van der Waals surface area contributed by atoms with Gasteiger partial charge in [-0.1, -0.05) is 35.3 Å². The number of rotatable bonds is 9. The van der Waals surface area contributed by atoms with Crippen molar-refractivity contribution < 1.29 is 13.9 Å². The highest BCUT2D eigenvalue weighted by Gasteiger charge is 2.51. The molecule has 1 amide bonds. The number of nitrogens with one attached hydrogen (secondary N) is 1. The first kappa shape index (κ1) is 32.3. The van der Waals surface area contributed by atoms with E-state index in [0.717, 1.165) is 47.4 Å². The van der Waals surface area contributed by atoms with Gasteiger partial charge in [0.2, 0.25) is 5.91 Å². The molecule has 3 saturated heterocycles. The minimum Gasteiger partial charge on any atom is -0.369 e. The van der Waals surface area contributed by atoms with E-state index in [2.05, 4.69) is 27.0 Å². The van der Waals surface area contributed by atoms with E-state index < -0.39 is 5.82 Å². The maximum absolute atomic E-state index is 17.1. The number of amides is 1. The first-order valence-electron chi connectivity index (χ1n) is 17.3. The first-order chi connectivity index (χ1) is 24.3. The van der Waals surface area contributed by atoms with E-state index >= 15 is 4.39 Å². The fourth-order valence-corrected chi connectivity index (χ4v) is 9.55. The largest absolute Gasteiger partial charge is 0.369 e. The number of thiazole rings is 1. The molecule has 2 bridgehead atoms. The fourth-order valence-electron chi connectivity index (χ4n) is 8.62. The Morgan fingerprint density at radius 1 is 1.22 bits per heavy atom. The predicted molar refractivity (Wildman–Crippen MR) is 193 cm³/mol. The van der Waals surface area contributed by atoms with Gasteiger partial charge in [0, 0.05) is 82.8 Å². The van der Waals surface area contributed by atoms with E-state index in [9.17, 15) is 10.1 Å². The van der Waals surface area contributed by atoms with Crippen molar-refractivity contribution in [2.75, 3.05) is 13.1 Å². The number of halogens is 3. The molecule has 10 rings (SSSR count). The number of nitriles is 1. The molecule has 3 aromatic heterocycles. The van der Waals surface area contributed by atoms with Crippen LogP contribution in [-0.4, -0.2) is 50.6 Å². The lowest BCUT2D eigenvalue weighted by atomic mass is 9.79. The molecule has 5 aliphatic rings. The van der Waals surface area contributed by atoms with Gasteiger partial charge >= 0.3 is 0 Å². The van der Waals surface area contributed by atoms with Crippen molar-refractivity contribution in [1.82, 2.24) is 24.8 Å². The van der Waals surface area contributed by atoms with Crippen molar-refractivity contribution >= 4 is 62.3 Å². The van der Waals surface area contributed by atoms with E-state index in [1.165, 1.54) is 0 Å². The molecule has 3 aliphatic heterocycles. The number of fused-ring (bicyclic) bond motifs is 4. The third-order valence-corrected chi connectivity index (χ3v) is 12.7. The van der Waals surface area contributed by atoms with Crippen LogP contribution in [0.2, 0.25) is 10.0 Å². The number of pyridine rings is 1. The van der Waals surface area contributed by atoms with Crippen molar-refractivity contribution in [2.45, 2.75) is 76.3 Å². The van der Waals surface area contributed by atoms with Gasteiger partial charge in [0.15, 0.2) is 5.82 Å². The highest BCUT2D eigenvalue weighted by atomic mass is 35.5. The lowest BCUT2D eigenvalue weighted by Crippen LogP contribution is -2.41. The van der Waals surface area contributed by atoms with Crippen LogP contribution in [0.4, 0.5) is 4.39 Å². The second kappa shape index (κ2) is 12.6. The summed E-state index contributed by atoms with van der Waals surface area (Å²) in [7, 11) is 0. The Bertz CT molecular complexity index is 2200. The zero-order valence-corrected chi connectivity index (χ0v) is 29.8. The van der Waals surface area contributed by atoms with Gasteiger partial charge in [0.25, 0.3) is 0 Å². The summed E-state index contributed by atoms with van der Waals surface area (Å²) in [5.74, 6) is 0.203. The molecule has 2 aromatic carbocycles. The molecular formula is C38H35Cl2FN6O2S. The van der Waals surface area contributed by atoms with E-state index in [1.807, 2.05) is 23.3 Å². The highest BCUT2D eigenvalue weighted by molar-refractivity contribution is 7.09. The van der Waals surface area contributed by atoms with E-state index in [4.69, 9.17) is 32.9 Å². The molecule has 12 heteroatoms. The van der Waals surface area contributed by atoms with Crippen LogP contribution in [0.15, 0.2) is 41.9 Å². The van der Waals surface area contributed by atoms with Crippen molar-refractivity contribution in [3.05, 3.63) is 79.7 Å². The van der Waals surface area contributed by atoms with Crippen molar-refractivity contribution in [2.24, 2.45) is 11.8 Å². The maximum Gasteiger partial charge on any atom is 0.226 e. The number of nitrogens with zero attached hydrogens (tertiary/aromatic N) is 5. The van der Waals surface area contributed by atoms with Crippen LogP contribution in [0.3, 0.4) is 0 Å². The van der Waals surface area contributed by atoms with Gasteiger partial charge in [-0.2, -0.15) is 5.26 Å². The van der Waals surface area contributed by atoms with Gasteiger partial charge in [0.1, 0.15) is 10.5 Å². The Balaban J connectivity index is 1.25. The molecule has 5 fully saturated rings. The topological polar surface area (TPSA) is 96.1 Å². The number of likely N-dealkylation sites (tertiary alicyclic amines) is 1. The van der Waals surface area contributed by atoms with Gasteiger partial charge in [-0.15, -0.1) is 11.3 Å². The third-order valence-electron chi connectivity index (χ3n) is 11.2. The molecule has 2 saturated carbocycles. The number of carbonyl (C=O) groups excluding carboxylic acids is 1. The molecule has 8 nitrogen and oxygen atoms in total. The number of hydrogen-bond donors (Lipinski definition) is 1.